The zero-order valence-electron chi connectivity index (χ0n) is 18.7. The van der Waals surface area contributed by atoms with Gasteiger partial charge in [0.2, 0.25) is 5.91 Å². The maximum atomic E-state index is 12.4. The first kappa shape index (κ1) is 24.5. The van der Waals surface area contributed by atoms with Crippen molar-refractivity contribution in [3.63, 3.8) is 0 Å². The third kappa shape index (κ3) is 6.90. The average molecular weight is 486 g/mol. The van der Waals surface area contributed by atoms with E-state index in [9.17, 15) is 18.0 Å². The summed E-state index contributed by atoms with van der Waals surface area (Å²) in [7, 11) is -3.61. The molecule has 0 aliphatic rings. The van der Waals surface area contributed by atoms with Crippen LogP contribution in [0.4, 0.5) is 11.4 Å². The number of thiophene rings is 1. The molecule has 0 saturated heterocycles. The second-order valence-electron chi connectivity index (χ2n) is 8.23. The van der Waals surface area contributed by atoms with E-state index >= 15 is 0 Å². The van der Waals surface area contributed by atoms with Gasteiger partial charge in [-0.05, 0) is 73.7 Å². The Morgan fingerprint density at radius 2 is 1.58 bits per heavy atom. The van der Waals surface area contributed by atoms with Gasteiger partial charge in [0, 0.05) is 22.5 Å². The lowest BCUT2D eigenvalue weighted by molar-refractivity contribution is -0.115. The molecule has 0 atom stereocenters. The van der Waals surface area contributed by atoms with E-state index in [1.165, 1.54) is 6.07 Å². The second kappa shape index (κ2) is 10.2. The highest BCUT2D eigenvalue weighted by Gasteiger charge is 2.19. The molecule has 0 unspecified atom stereocenters. The Kier molecular flexibility index (Phi) is 7.55. The number of sulfonamides is 1. The van der Waals surface area contributed by atoms with Crippen LogP contribution in [0.5, 0.6) is 0 Å². The molecule has 174 valence electrons. The molecule has 0 spiro atoms. The van der Waals surface area contributed by atoms with Crippen molar-refractivity contribution in [3.8, 4) is 0 Å². The number of hydrogen-bond acceptors (Lipinski definition) is 5. The lowest BCUT2D eigenvalue weighted by atomic mass is 10.0. The van der Waals surface area contributed by atoms with Gasteiger partial charge in [0.1, 0.15) is 4.21 Å². The maximum absolute atomic E-state index is 12.4. The van der Waals surface area contributed by atoms with Gasteiger partial charge in [-0.2, -0.15) is 0 Å². The summed E-state index contributed by atoms with van der Waals surface area (Å²) in [5.41, 5.74) is 1.99. The molecule has 2 amide bonds. The van der Waals surface area contributed by atoms with Crippen molar-refractivity contribution >= 4 is 44.5 Å². The van der Waals surface area contributed by atoms with Crippen LogP contribution in [0.2, 0.25) is 0 Å². The number of nitrogens with one attached hydrogen (secondary N) is 3. The molecule has 3 rings (SSSR count). The summed E-state index contributed by atoms with van der Waals surface area (Å²) >= 11 is 1.14. The smallest absolute Gasteiger partial charge is 0.271 e. The number of hydrogen-bond donors (Lipinski definition) is 3. The van der Waals surface area contributed by atoms with Gasteiger partial charge < -0.3 is 10.6 Å². The van der Waals surface area contributed by atoms with Gasteiger partial charge in [0.25, 0.3) is 15.9 Å². The van der Waals surface area contributed by atoms with Gasteiger partial charge in [-0.1, -0.05) is 25.1 Å². The van der Waals surface area contributed by atoms with Crippen LogP contribution < -0.4 is 15.4 Å². The topological polar surface area (TPSA) is 104 Å². The third-order valence-corrected chi connectivity index (χ3v) is 7.88. The Balaban J connectivity index is 1.55. The van der Waals surface area contributed by atoms with Crippen LogP contribution in [0.1, 0.15) is 43.1 Å². The molecule has 0 fully saturated rings. The quantitative estimate of drug-likeness (QED) is 0.410. The summed E-state index contributed by atoms with van der Waals surface area (Å²) in [6, 6.07) is 16.6. The molecular weight excluding hydrogens is 458 g/mol. The highest BCUT2D eigenvalue weighted by atomic mass is 32.2. The molecule has 0 aliphatic heterocycles. The molecule has 3 aromatic rings. The summed E-state index contributed by atoms with van der Waals surface area (Å²) in [5, 5.41) is 7.48. The summed E-state index contributed by atoms with van der Waals surface area (Å²) in [6.45, 7) is 5.94. The van der Waals surface area contributed by atoms with Crippen molar-refractivity contribution in [3.05, 3.63) is 77.2 Å². The summed E-state index contributed by atoms with van der Waals surface area (Å²) in [5.74, 6) is -0.374. The number of anilines is 2. The Morgan fingerprint density at radius 1 is 0.939 bits per heavy atom. The monoisotopic (exact) mass is 485 g/mol. The predicted octanol–water partition coefficient (Wildman–Crippen LogP) is 4.65. The highest BCUT2D eigenvalue weighted by Crippen LogP contribution is 2.21. The first-order valence-electron chi connectivity index (χ1n) is 10.5. The van der Waals surface area contributed by atoms with Gasteiger partial charge in [-0.25, -0.2) is 8.42 Å². The normalized spacial score (nSPS) is 11.6. The molecule has 0 aliphatic carbocycles. The molecular formula is C24H27N3O4S2. The fraction of sp³-hybridized carbons (Fsp3) is 0.250. The Bertz CT molecular complexity index is 1200. The standard InChI is InChI=1S/C24H27N3O4S2/c1-4-24(2,3)26-23(29)18-9-13-19(14-10-18)25-21(28)16-17-7-11-20(12-8-17)27-33(30,31)22-6-5-15-32-22/h5-15,27H,4,16H2,1-3H3,(H,25,28)(H,26,29). The van der Waals surface area contributed by atoms with Crippen molar-refractivity contribution in [2.45, 2.75) is 43.4 Å². The average Bonchev–Trinajstić information content (AvgIpc) is 3.31. The first-order valence-corrected chi connectivity index (χ1v) is 12.8. The third-order valence-electron chi connectivity index (χ3n) is 5.10. The molecule has 0 bridgehead atoms. The molecule has 33 heavy (non-hydrogen) atoms. The molecule has 7 nitrogen and oxygen atoms in total. The number of benzene rings is 2. The first-order chi connectivity index (χ1) is 15.6. The van der Waals surface area contributed by atoms with Gasteiger partial charge in [-0.15, -0.1) is 11.3 Å². The van der Waals surface area contributed by atoms with E-state index in [1.807, 2.05) is 20.8 Å². The van der Waals surface area contributed by atoms with Crippen molar-refractivity contribution in [1.29, 1.82) is 0 Å². The number of carbonyl (C=O) groups is 2. The Morgan fingerprint density at radius 3 is 2.15 bits per heavy atom. The summed E-state index contributed by atoms with van der Waals surface area (Å²) in [4.78, 5) is 24.7. The molecule has 1 aromatic heterocycles. The Hall–Kier alpha value is -3.17. The highest BCUT2D eigenvalue weighted by molar-refractivity contribution is 7.94. The molecule has 9 heteroatoms. The zero-order chi connectivity index (χ0) is 24.1. The van der Waals surface area contributed by atoms with Gasteiger partial charge >= 0.3 is 0 Å². The van der Waals surface area contributed by atoms with Gasteiger partial charge in [0.15, 0.2) is 0 Å². The van der Waals surface area contributed by atoms with E-state index in [0.29, 0.717) is 16.9 Å². The van der Waals surface area contributed by atoms with E-state index in [4.69, 9.17) is 0 Å². The molecule has 0 radical (unpaired) electrons. The number of rotatable bonds is 9. The van der Waals surface area contributed by atoms with Gasteiger partial charge in [-0.3, -0.25) is 14.3 Å². The van der Waals surface area contributed by atoms with Crippen molar-refractivity contribution in [2.75, 3.05) is 10.0 Å². The van der Waals surface area contributed by atoms with Crippen LogP contribution in [0.15, 0.2) is 70.3 Å². The Labute approximate surface area is 198 Å². The predicted molar refractivity (Wildman–Crippen MR) is 132 cm³/mol. The lowest BCUT2D eigenvalue weighted by Gasteiger charge is -2.24. The number of carbonyl (C=O) groups excluding carboxylic acids is 2. The van der Waals surface area contributed by atoms with Crippen LogP contribution >= 0.6 is 11.3 Å². The van der Waals surface area contributed by atoms with E-state index in [0.717, 1.165) is 23.3 Å². The summed E-state index contributed by atoms with van der Waals surface area (Å²) in [6.07, 6.45) is 0.944. The van der Waals surface area contributed by atoms with Crippen molar-refractivity contribution in [2.24, 2.45) is 0 Å². The summed E-state index contributed by atoms with van der Waals surface area (Å²) < 4.78 is 27.3. The molecule has 2 aromatic carbocycles. The molecule has 0 saturated carbocycles. The fourth-order valence-electron chi connectivity index (χ4n) is 2.88. The minimum Gasteiger partial charge on any atom is -0.347 e. The zero-order valence-corrected chi connectivity index (χ0v) is 20.3. The van der Waals surface area contributed by atoms with E-state index < -0.39 is 10.0 Å². The van der Waals surface area contributed by atoms with Crippen LogP contribution in [0.25, 0.3) is 0 Å². The van der Waals surface area contributed by atoms with Crippen LogP contribution in [0.3, 0.4) is 0 Å². The minimum atomic E-state index is -3.61. The number of amides is 2. The van der Waals surface area contributed by atoms with Gasteiger partial charge in [0.05, 0.1) is 6.42 Å². The molecule has 3 N–H and O–H groups in total. The SMILES string of the molecule is CCC(C)(C)NC(=O)c1ccc(NC(=O)Cc2ccc(NS(=O)(=O)c3cccs3)cc2)cc1. The van der Waals surface area contributed by atoms with Crippen molar-refractivity contribution in [1.82, 2.24) is 5.32 Å². The van der Waals surface area contributed by atoms with Crippen LogP contribution in [0, 0.1) is 0 Å². The maximum Gasteiger partial charge on any atom is 0.271 e. The minimum absolute atomic E-state index is 0.130. The van der Waals surface area contributed by atoms with Crippen LogP contribution in [-0.2, 0) is 21.2 Å². The second-order valence-corrected chi connectivity index (χ2v) is 11.1. The van der Waals surface area contributed by atoms with E-state index in [2.05, 4.69) is 15.4 Å². The molecule has 1 heterocycles. The van der Waals surface area contributed by atoms with Crippen molar-refractivity contribution < 1.29 is 18.0 Å². The lowest BCUT2D eigenvalue weighted by Crippen LogP contribution is -2.42. The largest absolute Gasteiger partial charge is 0.347 e. The van der Waals surface area contributed by atoms with E-state index in [-0.39, 0.29) is 28.0 Å². The van der Waals surface area contributed by atoms with Crippen LogP contribution in [-0.4, -0.2) is 25.8 Å². The van der Waals surface area contributed by atoms with E-state index in [1.54, 1.807) is 60.0 Å². The fourth-order valence-corrected chi connectivity index (χ4v) is 4.93.